The van der Waals surface area contributed by atoms with Crippen LogP contribution in [0.15, 0.2) is 79.4 Å². The lowest BCUT2D eigenvalue weighted by Gasteiger charge is -2.35. The molecule has 1 saturated carbocycles. The summed E-state index contributed by atoms with van der Waals surface area (Å²) in [5, 5.41) is 15.5. The largest absolute Gasteiger partial charge is 0.508 e. The molecule has 9 nitrogen and oxygen atoms in total. The number of rotatable bonds is 11. The number of carbonyl (C=O) groups excluding carboxylic acids is 3. The highest BCUT2D eigenvalue weighted by Crippen LogP contribution is 2.37. The van der Waals surface area contributed by atoms with Crippen molar-refractivity contribution in [3.63, 3.8) is 0 Å². The smallest absolute Gasteiger partial charge is 0.408 e. The predicted molar refractivity (Wildman–Crippen MR) is 166 cm³/mol. The van der Waals surface area contributed by atoms with Gasteiger partial charge in [-0.25, -0.2) is 4.79 Å². The molecule has 3 aromatic carbocycles. The molecule has 9 heteroatoms. The van der Waals surface area contributed by atoms with Gasteiger partial charge in [0.05, 0.1) is 7.11 Å². The topological polar surface area (TPSA) is 117 Å². The van der Waals surface area contributed by atoms with Gasteiger partial charge in [0, 0.05) is 18.2 Å². The summed E-state index contributed by atoms with van der Waals surface area (Å²) in [6.07, 6.45) is 2.51. The molecule has 0 aliphatic heterocycles. The lowest BCUT2D eigenvalue weighted by molar-refractivity contribution is -0.141. The summed E-state index contributed by atoms with van der Waals surface area (Å²) >= 11 is 0. The number of anilines is 1. The minimum atomic E-state index is -1.04. The summed E-state index contributed by atoms with van der Waals surface area (Å²) in [5.41, 5.74) is 1.90. The molecule has 0 heterocycles. The highest BCUT2D eigenvalue weighted by Gasteiger charge is 2.44. The van der Waals surface area contributed by atoms with Crippen molar-refractivity contribution in [3.05, 3.63) is 96.1 Å². The molecule has 4 rings (SSSR count). The van der Waals surface area contributed by atoms with E-state index in [1.165, 1.54) is 12.1 Å². The van der Waals surface area contributed by atoms with E-state index in [0.29, 0.717) is 17.0 Å². The first-order valence-electron chi connectivity index (χ1n) is 14.2. The molecule has 0 aromatic heterocycles. The zero-order chi connectivity index (χ0) is 31.1. The number of phenols is 1. The van der Waals surface area contributed by atoms with Gasteiger partial charge in [0.2, 0.25) is 5.91 Å². The Morgan fingerprint density at radius 3 is 2.30 bits per heavy atom. The normalized spacial score (nSPS) is 14.1. The maximum absolute atomic E-state index is 14.5. The van der Waals surface area contributed by atoms with E-state index in [-0.39, 0.29) is 18.2 Å². The van der Waals surface area contributed by atoms with Gasteiger partial charge in [-0.2, -0.15) is 0 Å². The average molecular weight is 586 g/mol. The van der Waals surface area contributed by atoms with Crippen molar-refractivity contribution in [1.82, 2.24) is 10.2 Å². The fourth-order valence-electron chi connectivity index (χ4n) is 4.75. The van der Waals surface area contributed by atoms with Crippen LogP contribution in [-0.4, -0.2) is 52.7 Å². The first-order valence-corrected chi connectivity index (χ1v) is 14.2. The van der Waals surface area contributed by atoms with E-state index >= 15 is 0 Å². The van der Waals surface area contributed by atoms with Crippen LogP contribution in [0, 0.1) is 0 Å². The second-order valence-electron chi connectivity index (χ2n) is 11.5. The fourth-order valence-corrected chi connectivity index (χ4v) is 4.75. The Kier molecular flexibility index (Phi) is 9.75. The van der Waals surface area contributed by atoms with Crippen LogP contribution < -0.4 is 15.4 Å². The van der Waals surface area contributed by atoms with Gasteiger partial charge in [-0.05, 0) is 92.8 Å². The van der Waals surface area contributed by atoms with Gasteiger partial charge >= 0.3 is 6.09 Å². The number of aromatic hydroxyl groups is 1. The van der Waals surface area contributed by atoms with Crippen LogP contribution in [0.5, 0.6) is 11.5 Å². The lowest BCUT2D eigenvalue weighted by atomic mass is 9.98. The number of alkyl carbamates (subject to hydrolysis) is 1. The van der Waals surface area contributed by atoms with E-state index in [9.17, 15) is 19.5 Å². The third kappa shape index (κ3) is 8.61. The maximum atomic E-state index is 14.5. The van der Waals surface area contributed by atoms with Crippen molar-refractivity contribution >= 4 is 29.7 Å². The van der Waals surface area contributed by atoms with E-state index in [1.54, 1.807) is 75.3 Å². The van der Waals surface area contributed by atoms with Gasteiger partial charge in [-0.15, -0.1) is 0 Å². The number of ether oxygens (including phenoxy) is 2. The van der Waals surface area contributed by atoms with Crippen molar-refractivity contribution in [1.29, 1.82) is 0 Å². The van der Waals surface area contributed by atoms with Gasteiger partial charge in [-0.3, -0.25) is 9.59 Å². The predicted octanol–water partition coefficient (Wildman–Crippen LogP) is 5.85. The molecule has 0 spiro atoms. The molecule has 43 heavy (non-hydrogen) atoms. The Balaban J connectivity index is 1.73. The maximum Gasteiger partial charge on any atom is 0.408 e. The molecule has 2 unspecified atom stereocenters. The van der Waals surface area contributed by atoms with Crippen molar-refractivity contribution in [3.8, 4) is 11.5 Å². The van der Waals surface area contributed by atoms with Crippen molar-refractivity contribution in [2.75, 3.05) is 12.4 Å². The van der Waals surface area contributed by atoms with Crippen molar-refractivity contribution in [2.45, 2.75) is 63.8 Å². The minimum Gasteiger partial charge on any atom is -0.508 e. The molecule has 3 amide bonds. The Hall–Kier alpha value is -4.79. The number of amides is 3. The summed E-state index contributed by atoms with van der Waals surface area (Å²) in [7, 11) is 1.56. The second kappa shape index (κ2) is 13.5. The summed E-state index contributed by atoms with van der Waals surface area (Å²) in [6.45, 7) is 9.08. The summed E-state index contributed by atoms with van der Waals surface area (Å²) in [4.78, 5) is 43.1. The zero-order valence-electron chi connectivity index (χ0n) is 25.0. The molecular weight excluding hydrogens is 546 g/mol. The standard InChI is InChI=1S/C34H39N3O6/c1-6-22-8-7-9-24(20-22)30(31(39)35-25-12-18-28(42-5)19-13-25)37(26-14-15-26)32(40)29(36-33(41)43-34(2,3)4)21-23-10-16-27(38)17-11-23/h6-13,16-20,26,29-30,38H,1,14-15,21H2,2-5H3,(H,35,39)(H,36,41). The molecular formula is C34H39N3O6. The molecule has 226 valence electrons. The van der Waals surface area contributed by atoms with Crippen LogP contribution >= 0.6 is 0 Å². The van der Waals surface area contributed by atoms with E-state index < -0.39 is 35.6 Å². The molecule has 0 bridgehead atoms. The number of nitrogens with zero attached hydrogens (tertiary/aromatic N) is 1. The van der Waals surface area contributed by atoms with Gasteiger partial charge in [0.1, 0.15) is 29.2 Å². The first-order chi connectivity index (χ1) is 20.5. The Bertz CT molecular complexity index is 1440. The molecule has 1 fully saturated rings. The monoisotopic (exact) mass is 585 g/mol. The number of hydrogen-bond donors (Lipinski definition) is 3. The molecule has 1 aliphatic rings. The van der Waals surface area contributed by atoms with E-state index in [4.69, 9.17) is 9.47 Å². The number of phenolic OH excluding ortho intramolecular Hbond substituents is 1. The molecule has 0 radical (unpaired) electrons. The third-order valence-corrected chi connectivity index (χ3v) is 6.91. The molecule has 3 N–H and O–H groups in total. The number of benzene rings is 3. The highest BCUT2D eigenvalue weighted by molar-refractivity contribution is 5.99. The molecule has 3 aromatic rings. The van der Waals surface area contributed by atoms with Crippen LogP contribution in [0.2, 0.25) is 0 Å². The average Bonchev–Trinajstić information content (AvgIpc) is 3.81. The third-order valence-electron chi connectivity index (χ3n) is 6.91. The lowest BCUT2D eigenvalue weighted by Crippen LogP contribution is -2.54. The van der Waals surface area contributed by atoms with Gasteiger partial charge in [0.25, 0.3) is 5.91 Å². The van der Waals surface area contributed by atoms with Crippen LogP contribution in [0.1, 0.15) is 56.3 Å². The zero-order valence-corrected chi connectivity index (χ0v) is 25.0. The number of nitrogens with one attached hydrogen (secondary N) is 2. The molecule has 2 atom stereocenters. The Morgan fingerprint density at radius 2 is 1.72 bits per heavy atom. The van der Waals surface area contributed by atoms with Crippen LogP contribution in [-0.2, 0) is 20.7 Å². The Morgan fingerprint density at radius 1 is 1.05 bits per heavy atom. The minimum absolute atomic E-state index is 0.0868. The second-order valence-corrected chi connectivity index (χ2v) is 11.5. The van der Waals surface area contributed by atoms with Crippen molar-refractivity contribution < 1.29 is 29.0 Å². The SMILES string of the molecule is C=Cc1cccc(C(C(=O)Nc2ccc(OC)cc2)N(C(=O)C(Cc2ccc(O)cc2)NC(=O)OC(C)(C)C)C2CC2)c1. The number of hydrogen-bond acceptors (Lipinski definition) is 6. The molecule has 1 aliphatic carbocycles. The van der Waals surface area contributed by atoms with E-state index in [0.717, 1.165) is 24.0 Å². The number of carbonyl (C=O) groups is 3. The van der Waals surface area contributed by atoms with Crippen LogP contribution in [0.4, 0.5) is 10.5 Å². The number of methoxy groups -OCH3 is 1. The van der Waals surface area contributed by atoms with Crippen LogP contribution in [0.3, 0.4) is 0 Å². The van der Waals surface area contributed by atoms with Gasteiger partial charge in [-0.1, -0.05) is 43.0 Å². The van der Waals surface area contributed by atoms with Gasteiger partial charge in [0.15, 0.2) is 0 Å². The van der Waals surface area contributed by atoms with Gasteiger partial charge < -0.3 is 30.1 Å². The quantitative estimate of drug-likeness (QED) is 0.260. The van der Waals surface area contributed by atoms with Crippen LogP contribution in [0.25, 0.3) is 6.08 Å². The van der Waals surface area contributed by atoms with E-state index in [1.807, 2.05) is 24.3 Å². The highest BCUT2D eigenvalue weighted by atomic mass is 16.6. The summed E-state index contributed by atoms with van der Waals surface area (Å²) in [6, 6.07) is 18.5. The first kappa shape index (κ1) is 31.2. The molecule has 0 saturated heterocycles. The van der Waals surface area contributed by atoms with E-state index in [2.05, 4.69) is 17.2 Å². The summed E-state index contributed by atoms with van der Waals surface area (Å²) in [5.74, 6) is -0.0791. The fraction of sp³-hybridized carbons (Fsp3) is 0.324. The van der Waals surface area contributed by atoms with Crippen molar-refractivity contribution in [2.24, 2.45) is 0 Å². The Labute approximate surface area is 252 Å². The summed E-state index contributed by atoms with van der Waals surface area (Å²) < 4.78 is 10.7.